The number of aryl methyl sites for hydroxylation is 1. The summed E-state index contributed by atoms with van der Waals surface area (Å²) in [6.07, 6.45) is 0.666. The Morgan fingerprint density at radius 1 is 1.09 bits per heavy atom. The average Bonchev–Trinajstić information content (AvgIpc) is 3.35. The number of hydrogen-bond acceptors (Lipinski definition) is 6. The lowest BCUT2D eigenvalue weighted by Crippen LogP contribution is -2.30. The molecule has 0 radical (unpaired) electrons. The maximum absolute atomic E-state index is 13.5. The van der Waals surface area contributed by atoms with E-state index < -0.39 is 10.0 Å². The number of aromatic nitrogens is 2. The maximum atomic E-state index is 13.5. The summed E-state index contributed by atoms with van der Waals surface area (Å²) in [5.41, 5.74) is 3.05. The number of hydrogen-bond donors (Lipinski definition) is 1. The molecule has 0 atom stereocenters. The molecule has 3 aromatic rings. The standard InChI is InChI=1S/C23H24N4O5S/c1-15-23(33(29,30)27-10-9-17-5-3-4-6-19(17)27)16(2)26(25-15)14-22(28)24-18-7-8-20-21(13-18)32-12-11-31-20/h3-8,13H,9-12,14H2,1-2H3,(H,24,28). The van der Waals surface area contributed by atoms with Crippen molar-refractivity contribution >= 4 is 27.3 Å². The molecule has 1 aromatic heterocycles. The Labute approximate surface area is 192 Å². The van der Waals surface area contributed by atoms with E-state index in [1.165, 1.54) is 8.99 Å². The van der Waals surface area contributed by atoms with E-state index in [4.69, 9.17) is 9.47 Å². The van der Waals surface area contributed by atoms with Gasteiger partial charge in [0.1, 0.15) is 24.7 Å². The zero-order chi connectivity index (χ0) is 23.2. The van der Waals surface area contributed by atoms with Gasteiger partial charge in [0, 0.05) is 18.3 Å². The molecule has 10 heteroatoms. The van der Waals surface area contributed by atoms with E-state index in [0.717, 1.165) is 5.56 Å². The lowest BCUT2D eigenvalue weighted by atomic mass is 10.2. The van der Waals surface area contributed by atoms with Gasteiger partial charge in [0.15, 0.2) is 11.5 Å². The average molecular weight is 469 g/mol. The Balaban J connectivity index is 1.36. The molecule has 2 aliphatic rings. The van der Waals surface area contributed by atoms with Gasteiger partial charge in [-0.1, -0.05) is 18.2 Å². The van der Waals surface area contributed by atoms with Crippen LogP contribution in [-0.2, 0) is 27.8 Å². The highest BCUT2D eigenvalue weighted by molar-refractivity contribution is 7.93. The summed E-state index contributed by atoms with van der Waals surface area (Å²) < 4.78 is 40.9. The second-order valence-electron chi connectivity index (χ2n) is 8.02. The van der Waals surface area contributed by atoms with Crippen molar-refractivity contribution in [1.29, 1.82) is 0 Å². The fourth-order valence-electron chi connectivity index (χ4n) is 4.33. The minimum absolute atomic E-state index is 0.118. The van der Waals surface area contributed by atoms with Crippen LogP contribution in [-0.4, -0.2) is 43.9 Å². The van der Waals surface area contributed by atoms with Gasteiger partial charge in [-0.05, 0) is 44.0 Å². The molecule has 0 saturated carbocycles. The number of benzene rings is 2. The Bertz CT molecular complexity index is 1350. The summed E-state index contributed by atoms with van der Waals surface area (Å²) in [5.74, 6) is 0.883. The molecule has 2 aliphatic heterocycles. The third-order valence-electron chi connectivity index (χ3n) is 5.83. The van der Waals surface area contributed by atoms with E-state index in [0.29, 0.717) is 60.4 Å². The molecule has 33 heavy (non-hydrogen) atoms. The Hall–Kier alpha value is -3.53. The highest BCUT2D eigenvalue weighted by Gasteiger charge is 2.35. The normalized spacial score (nSPS) is 14.8. The minimum Gasteiger partial charge on any atom is -0.486 e. The number of nitrogens with zero attached hydrogens (tertiary/aromatic N) is 3. The smallest absolute Gasteiger partial charge is 0.268 e. The Kier molecular flexibility index (Phi) is 5.24. The van der Waals surface area contributed by atoms with Gasteiger partial charge in [-0.3, -0.25) is 13.8 Å². The van der Waals surface area contributed by atoms with Crippen LogP contribution < -0.4 is 19.1 Å². The van der Waals surface area contributed by atoms with Crippen LogP contribution in [0.2, 0.25) is 0 Å². The second-order valence-corrected chi connectivity index (χ2v) is 9.82. The number of carbonyl (C=O) groups is 1. The molecule has 0 unspecified atom stereocenters. The SMILES string of the molecule is Cc1nn(CC(=O)Nc2ccc3c(c2)OCCO3)c(C)c1S(=O)(=O)N1CCc2ccccc21. The van der Waals surface area contributed by atoms with E-state index in [-0.39, 0.29) is 17.3 Å². The van der Waals surface area contributed by atoms with Crippen molar-refractivity contribution in [2.75, 3.05) is 29.4 Å². The fourth-order valence-corrected chi connectivity index (χ4v) is 6.22. The predicted octanol–water partition coefficient (Wildman–Crippen LogP) is 2.66. The molecule has 9 nitrogen and oxygen atoms in total. The number of fused-ring (bicyclic) bond motifs is 2. The van der Waals surface area contributed by atoms with Crippen LogP contribution in [0.15, 0.2) is 47.4 Å². The number of sulfonamides is 1. The summed E-state index contributed by atoms with van der Waals surface area (Å²) in [4.78, 5) is 12.8. The number of nitrogens with one attached hydrogen (secondary N) is 1. The number of para-hydroxylation sites is 1. The van der Waals surface area contributed by atoms with Crippen molar-refractivity contribution in [1.82, 2.24) is 9.78 Å². The highest BCUT2D eigenvalue weighted by Crippen LogP contribution is 2.35. The largest absolute Gasteiger partial charge is 0.486 e. The van der Waals surface area contributed by atoms with Gasteiger partial charge in [-0.25, -0.2) is 8.42 Å². The van der Waals surface area contributed by atoms with Gasteiger partial charge in [0.05, 0.1) is 17.1 Å². The monoisotopic (exact) mass is 468 g/mol. The predicted molar refractivity (Wildman–Crippen MR) is 122 cm³/mol. The van der Waals surface area contributed by atoms with Crippen LogP contribution in [0.1, 0.15) is 17.0 Å². The fraction of sp³-hybridized carbons (Fsp3) is 0.304. The van der Waals surface area contributed by atoms with Crippen LogP contribution >= 0.6 is 0 Å². The van der Waals surface area contributed by atoms with Crippen LogP contribution in [0.5, 0.6) is 11.5 Å². The molecule has 0 spiro atoms. The molecule has 0 bridgehead atoms. The molecule has 3 heterocycles. The first kappa shape index (κ1) is 21.3. The van der Waals surface area contributed by atoms with Gasteiger partial charge in [0.2, 0.25) is 5.91 Å². The van der Waals surface area contributed by atoms with Crippen LogP contribution in [0.4, 0.5) is 11.4 Å². The van der Waals surface area contributed by atoms with Crippen molar-refractivity contribution in [2.24, 2.45) is 0 Å². The van der Waals surface area contributed by atoms with Crippen molar-refractivity contribution in [3.63, 3.8) is 0 Å². The van der Waals surface area contributed by atoms with Crippen LogP contribution in [0.25, 0.3) is 0 Å². The number of ether oxygens (including phenoxy) is 2. The molecule has 0 aliphatic carbocycles. The zero-order valence-corrected chi connectivity index (χ0v) is 19.2. The molecule has 172 valence electrons. The number of amides is 1. The quantitative estimate of drug-likeness (QED) is 0.618. The van der Waals surface area contributed by atoms with Gasteiger partial charge in [-0.2, -0.15) is 5.10 Å². The number of carbonyl (C=O) groups excluding carboxylic acids is 1. The van der Waals surface area contributed by atoms with Gasteiger partial charge in [0.25, 0.3) is 10.0 Å². The highest BCUT2D eigenvalue weighted by atomic mass is 32.2. The molecule has 5 rings (SSSR count). The minimum atomic E-state index is -3.81. The molecular weight excluding hydrogens is 444 g/mol. The molecule has 1 N–H and O–H groups in total. The van der Waals surface area contributed by atoms with Gasteiger partial charge in [-0.15, -0.1) is 0 Å². The van der Waals surface area contributed by atoms with Crippen LogP contribution in [0, 0.1) is 13.8 Å². The summed E-state index contributed by atoms with van der Waals surface area (Å²) >= 11 is 0. The summed E-state index contributed by atoms with van der Waals surface area (Å²) in [6.45, 7) is 4.53. The third kappa shape index (κ3) is 3.80. The molecular formula is C23H24N4O5S. The van der Waals surface area contributed by atoms with Crippen LogP contribution in [0.3, 0.4) is 0 Å². The summed E-state index contributed by atoms with van der Waals surface area (Å²) in [7, 11) is -3.81. The lowest BCUT2D eigenvalue weighted by Gasteiger charge is -2.20. The molecule has 2 aromatic carbocycles. The van der Waals surface area contributed by atoms with E-state index in [1.54, 1.807) is 32.0 Å². The van der Waals surface area contributed by atoms with E-state index in [1.807, 2.05) is 24.3 Å². The molecule has 0 saturated heterocycles. The van der Waals surface area contributed by atoms with E-state index in [2.05, 4.69) is 10.4 Å². The van der Waals surface area contributed by atoms with Crippen molar-refractivity contribution in [3.05, 3.63) is 59.4 Å². The van der Waals surface area contributed by atoms with Gasteiger partial charge >= 0.3 is 0 Å². The first-order valence-electron chi connectivity index (χ1n) is 10.7. The Morgan fingerprint density at radius 2 is 1.85 bits per heavy atom. The zero-order valence-electron chi connectivity index (χ0n) is 18.4. The van der Waals surface area contributed by atoms with E-state index >= 15 is 0 Å². The third-order valence-corrected chi connectivity index (χ3v) is 7.89. The first-order valence-corrected chi connectivity index (χ1v) is 12.1. The number of rotatable bonds is 5. The molecule has 0 fully saturated rings. The second kappa shape index (κ2) is 8.11. The summed E-state index contributed by atoms with van der Waals surface area (Å²) in [6, 6.07) is 12.7. The first-order chi connectivity index (χ1) is 15.8. The maximum Gasteiger partial charge on any atom is 0.268 e. The lowest BCUT2D eigenvalue weighted by molar-refractivity contribution is -0.116. The van der Waals surface area contributed by atoms with Crippen molar-refractivity contribution < 1.29 is 22.7 Å². The van der Waals surface area contributed by atoms with Crippen molar-refractivity contribution in [2.45, 2.75) is 31.7 Å². The number of anilines is 2. The Morgan fingerprint density at radius 3 is 2.67 bits per heavy atom. The molecule has 1 amide bonds. The van der Waals surface area contributed by atoms with Gasteiger partial charge < -0.3 is 14.8 Å². The van der Waals surface area contributed by atoms with E-state index in [9.17, 15) is 13.2 Å². The topological polar surface area (TPSA) is 103 Å². The summed E-state index contributed by atoms with van der Waals surface area (Å²) in [5, 5.41) is 7.17. The van der Waals surface area contributed by atoms with Crippen molar-refractivity contribution in [3.8, 4) is 11.5 Å².